The molecule has 1 aliphatic rings. The molecule has 1 aromatic heterocycles. The quantitative estimate of drug-likeness (QED) is 0.914. The van der Waals surface area contributed by atoms with E-state index in [1.165, 1.54) is 12.0 Å². The van der Waals surface area contributed by atoms with E-state index >= 15 is 0 Å². The number of nitrogens with zero attached hydrogens (tertiary/aromatic N) is 3. The van der Waals surface area contributed by atoms with E-state index in [0.29, 0.717) is 6.04 Å². The molecule has 21 heavy (non-hydrogen) atoms. The predicted molar refractivity (Wildman–Crippen MR) is 83.7 cm³/mol. The highest BCUT2D eigenvalue weighted by atomic mass is 15.2. The van der Waals surface area contributed by atoms with Crippen LogP contribution in [0.1, 0.15) is 30.6 Å². The molecule has 0 aliphatic carbocycles. The van der Waals surface area contributed by atoms with Crippen molar-refractivity contribution in [2.75, 3.05) is 13.1 Å². The Hall–Kier alpha value is -1.78. The number of hydrogen-bond acceptors (Lipinski definition) is 4. The molecule has 1 N–H and O–H groups in total. The topological polar surface area (TPSA) is 41.0 Å². The normalized spacial score (nSPS) is 20.5. The molecule has 4 heteroatoms. The lowest BCUT2D eigenvalue weighted by Gasteiger charge is -2.20. The smallest absolute Gasteiger partial charge is 0.0753 e. The molecule has 4 nitrogen and oxygen atoms in total. The molecule has 1 aliphatic heterocycles. The molecule has 3 rings (SSSR count). The summed E-state index contributed by atoms with van der Waals surface area (Å²) in [4.78, 5) is 11.0. The van der Waals surface area contributed by atoms with Crippen LogP contribution >= 0.6 is 0 Å². The summed E-state index contributed by atoms with van der Waals surface area (Å²) in [6.07, 6.45) is 6.50. The van der Waals surface area contributed by atoms with Crippen molar-refractivity contribution in [1.82, 2.24) is 20.2 Å². The van der Waals surface area contributed by atoms with Gasteiger partial charge in [0.1, 0.15) is 0 Å². The first kappa shape index (κ1) is 14.2. The van der Waals surface area contributed by atoms with E-state index in [1.807, 2.05) is 6.20 Å². The lowest BCUT2D eigenvalue weighted by Crippen LogP contribution is -2.34. The van der Waals surface area contributed by atoms with Crippen molar-refractivity contribution < 1.29 is 0 Å². The predicted octanol–water partition coefficient (Wildman–Crippen LogP) is 2.40. The van der Waals surface area contributed by atoms with Gasteiger partial charge in [0.15, 0.2) is 0 Å². The van der Waals surface area contributed by atoms with Crippen molar-refractivity contribution in [3.8, 4) is 0 Å². The summed E-state index contributed by atoms with van der Waals surface area (Å²) >= 11 is 0. The summed E-state index contributed by atoms with van der Waals surface area (Å²) in [7, 11) is 0. The minimum Gasteiger partial charge on any atom is -0.305 e. The van der Waals surface area contributed by atoms with Crippen LogP contribution in [0.5, 0.6) is 0 Å². The largest absolute Gasteiger partial charge is 0.305 e. The number of likely N-dealkylation sites (tertiary alicyclic amines) is 1. The number of aromatic nitrogens is 2. The van der Waals surface area contributed by atoms with E-state index < -0.39 is 0 Å². The second-order valence-corrected chi connectivity index (χ2v) is 5.72. The molecule has 0 saturated carbocycles. The first-order valence-corrected chi connectivity index (χ1v) is 7.59. The van der Waals surface area contributed by atoms with Gasteiger partial charge in [0, 0.05) is 50.3 Å². The molecule has 2 heterocycles. The molecule has 110 valence electrons. The number of nitrogens with one attached hydrogen (secondary N) is 1. The van der Waals surface area contributed by atoms with Crippen LogP contribution in [-0.2, 0) is 6.54 Å². The van der Waals surface area contributed by atoms with Crippen LogP contribution in [0.2, 0.25) is 0 Å². The summed E-state index contributed by atoms with van der Waals surface area (Å²) in [5.41, 5.74) is 2.40. The second-order valence-electron chi connectivity index (χ2n) is 5.72. The van der Waals surface area contributed by atoms with Gasteiger partial charge in [-0.1, -0.05) is 30.3 Å². The van der Waals surface area contributed by atoms with Gasteiger partial charge in [-0.05, 0) is 18.9 Å². The molecule has 2 aromatic rings. The minimum atomic E-state index is 0.250. The third kappa shape index (κ3) is 3.86. The molecule has 0 radical (unpaired) electrons. The van der Waals surface area contributed by atoms with Crippen LogP contribution in [-0.4, -0.2) is 34.0 Å². The average molecular weight is 282 g/mol. The van der Waals surface area contributed by atoms with Gasteiger partial charge in [0.25, 0.3) is 0 Å². The highest BCUT2D eigenvalue weighted by Gasteiger charge is 2.24. The van der Waals surface area contributed by atoms with Crippen molar-refractivity contribution in [1.29, 1.82) is 0 Å². The van der Waals surface area contributed by atoms with E-state index in [4.69, 9.17) is 0 Å². The Kier molecular flexibility index (Phi) is 4.58. The molecule has 2 atom stereocenters. The van der Waals surface area contributed by atoms with Gasteiger partial charge in [0.2, 0.25) is 0 Å². The van der Waals surface area contributed by atoms with Crippen molar-refractivity contribution >= 4 is 0 Å². The maximum absolute atomic E-state index is 4.37. The number of rotatable bonds is 5. The van der Waals surface area contributed by atoms with E-state index in [-0.39, 0.29) is 6.04 Å². The van der Waals surface area contributed by atoms with E-state index in [0.717, 1.165) is 25.3 Å². The van der Waals surface area contributed by atoms with Crippen molar-refractivity contribution in [3.05, 3.63) is 60.2 Å². The monoisotopic (exact) mass is 282 g/mol. The molecule has 2 unspecified atom stereocenters. The van der Waals surface area contributed by atoms with Crippen molar-refractivity contribution in [3.63, 3.8) is 0 Å². The zero-order chi connectivity index (χ0) is 14.5. The maximum Gasteiger partial charge on any atom is 0.0753 e. The Morgan fingerprint density at radius 3 is 2.90 bits per heavy atom. The van der Waals surface area contributed by atoms with Gasteiger partial charge in [-0.25, -0.2) is 0 Å². The van der Waals surface area contributed by atoms with Crippen LogP contribution in [0, 0.1) is 0 Å². The summed E-state index contributed by atoms with van der Waals surface area (Å²) < 4.78 is 0. The summed E-state index contributed by atoms with van der Waals surface area (Å²) in [5, 5.41) is 3.67. The number of benzene rings is 1. The van der Waals surface area contributed by atoms with E-state index in [9.17, 15) is 0 Å². The lowest BCUT2D eigenvalue weighted by molar-refractivity contribution is 0.315. The molecule has 1 saturated heterocycles. The van der Waals surface area contributed by atoms with Crippen LogP contribution in [0.25, 0.3) is 0 Å². The van der Waals surface area contributed by atoms with Crippen molar-refractivity contribution in [2.45, 2.75) is 32.0 Å². The van der Waals surface area contributed by atoms with Crippen LogP contribution in [0.4, 0.5) is 0 Å². The Morgan fingerprint density at radius 2 is 2.14 bits per heavy atom. The molecular weight excluding hydrogens is 260 g/mol. The standard InChI is InChI=1S/C17H22N4/c1-14(17-11-18-8-9-19-17)20-16-7-10-21(13-16)12-15-5-3-2-4-6-15/h2-6,8-9,11,14,16,20H,7,10,12-13H2,1H3. The van der Waals surface area contributed by atoms with E-state index in [1.54, 1.807) is 12.4 Å². The fourth-order valence-corrected chi connectivity index (χ4v) is 2.93. The first-order valence-electron chi connectivity index (χ1n) is 7.59. The van der Waals surface area contributed by atoms with Gasteiger partial charge in [-0.15, -0.1) is 0 Å². The van der Waals surface area contributed by atoms with Crippen LogP contribution < -0.4 is 5.32 Å². The Morgan fingerprint density at radius 1 is 1.29 bits per heavy atom. The molecule has 0 spiro atoms. The SMILES string of the molecule is CC(NC1CCN(Cc2ccccc2)C1)c1cnccn1. The third-order valence-electron chi connectivity index (χ3n) is 4.03. The first-order chi connectivity index (χ1) is 10.3. The highest BCUT2D eigenvalue weighted by molar-refractivity contribution is 5.14. The average Bonchev–Trinajstić information content (AvgIpc) is 2.96. The van der Waals surface area contributed by atoms with Gasteiger partial charge in [0.05, 0.1) is 5.69 Å². The summed E-state index contributed by atoms with van der Waals surface area (Å²) in [6, 6.07) is 11.5. The Balaban J connectivity index is 1.51. The van der Waals surface area contributed by atoms with Gasteiger partial charge in [-0.3, -0.25) is 14.9 Å². The van der Waals surface area contributed by atoms with Crippen molar-refractivity contribution in [2.24, 2.45) is 0 Å². The number of hydrogen-bond donors (Lipinski definition) is 1. The third-order valence-corrected chi connectivity index (χ3v) is 4.03. The van der Waals surface area contributed by atoms with Gasteiger partial charge >= 0.3 is 0 Å². The highest BCUT2D eigenvalue weighted by Crippen LogP contribution is 2.16. The molecular formula is C17H22N4. The molecule has 0 amide bonds. The lowest BCUT2D eigenvalue weighted by atomic mass is 10.2. The molecule has 0 bridgehead atoms. The Labute approximate surface area is 126 Å². The van der Waals surface area contributed by atoms with Crippen LogP contribution in [0.3, 0.4) is 0 Å². The summed E-state index contributed by atoms with van der Waals surface area (Å²) in [5.74, 6) is 0. The zero-order valence-corrected chi connectivity index (χ0v) is 12.4. The fraction of sp³-hybridized carbons (Fsp3) is 0.412. The molecule has 1 fully saturated rings. The molecule has 1 aromatic carbocycles. The zero-order valence-electron chi connectivity index (χ0n) is 12.4. The fourth-order valence-electron chi connectivity index (χ4n) is 2.93. The van der Waals surface area contributed by atoms with Gasteiger partial charge in [-0.2, -0.15) is 0 Å². The van der Waals surface area contributed by atoms with Gasteiger partial charge < -0.3 is 5.32 Å². The minimum absolute atomic E-state index is 0.250. The van der Waals surface area contributed by atoms with Crippen LogP contribution in [0.15, 0.2) is 48.9 Å². The maximum atomic E-state index is 4.37. The summed E-state index contributed by atoms with van der Waals surface area (Å²) in [6.45, 7) is 5.45. The van der Waals surface area contributed by atoms with E-state index in [2.05, 4.69) is 57.4 Å². The second kappa shape index (κ2) is 6.78. The Bertz CT molecular complexity index is 543.